The number of anilines is 1. The second kappa shape index (κ2) is 7.81. The van der Waals surface area contributed by atoms with Crippen LogP contribution in [0.4, 0.5) is 19.1 Å². The lowest BCUT2D eigenvalue weighted by atomic mass is 10.3. The number of aromatic nitrogens is 5. The van der Waals surface area contributed by atoms with Gasteiger partial charge in [0.05, 0.1) is 20.3 Å². The number of sulfonamides is 1. The lowest BCUT2D eigenvalue weighted by Gasteiger charge is -2.08. The largest absolute Gasteiger partial charge is 0.481 e. The number of ether oxygens (including phenoxy) is 2. The predicted molar refractivity (Wildman–Crippen MR) is 88.9 cm³/mol. The summed E-state index contributed by atoms with van der Waals surface area (Å²) in [6.45, 7) is 0. The van der Waals surface area contributed by atoms with Gasteiger partial charge in [0.15, 0.2) is 5.69 Å². The smallest absolute Gasteiger partial charge is 0.434 e. The van der Waals surface area contributed by atoms with E-state index in [1.807, 2.05) is 0 Å². The molecule has 3 heterocycles. The Balaban J connectivity index is 0.000000200. The fraction of sp³-hybridized carbons (Fsp3) is 0.231. The summed E-state index contributed by atoms with van der Waals surface area (Å²) in [5, 5.41) is 8.49. The first-order valence-corrected chi connectivity index (χ1v) is 8.68. The van der Waals surface area contributed by atoms with Gasteiger partial charge in [0, 0.05) is 6.20 Å². The fourth-order valence-electron chi connectivity index (χ4n) is 1.92. The highest BCUT2D eigenvalue weighted by molar-refractivity contribution is 7.89. The number of fused-ring (bicyclic) bond motifs is 1. The molecule has 0 fully saturated rings. The molecule has 0 saturated heterocycles. The molecule has 0 bridgehead atoms. The molecule has 0 spiro atoms. The van der Waals surface area contributed by atoms with E-state index in [0.717, 1.165) is 18.3 Å². The molecule has 0 unspecified atom stereocenters. The molecule has 3 aromatic heterocycles. The summed E-state index contributed by atoms with van der Waals surface area (Å²) < 4.78 is 69.5. The molecule has 3 aromatic rings. The van der Waals surface area contributed by atoms with Crippen LogP contribution in [0.2, 0.25) is 0 Å². The lowest BCUT2D eigenvalue weighted by Crippen LogP contribution is -2.20. The minimum atomic E-state index is -4.83. The van der Waals surface area contributed by atoms with E-state index in [9.17, 15) is 21.6 Å². The summed E-state index contributed by atoms with van der Waals surface area (Å²) in [4.78, 5) is 9.83. The summed E-state index contributed by atoms with van der Waals surface area (Å²) >= 11 is 0. The first-order chi connectivity index (χ1) is 13.0. The van der Waals surface area contributed by atoms with Gasteiger partial charge in [0.25, 0.3) is 5.78 Å². The summed E-state index contributed by atoms with van der Waals surface area (Å²) in [5.74, 6) is 1.36. The lowest BCUT2D eigenvalue weighted by molar-refractivity contribution is -0.143. The van der Waals surface area contributed by atoms with E-state index in [1.54, 1.807) is 6.07 Å². The summed E-state index contributed by atoms with van der Waals surface area (Å²) in [6.07, 6.45) is -3.99. The van der Waals surface area contributed by atoms with Crippen LogP contribution in [-0.2, 0) is 16.2 Å². The van der Waals surface area contributed by atoms with Crippen molar-refractivity contribution in [1.82, 2.24) is 24.6 Å². The molecule has 4 N–H and O–H groups in total. The van der Waals surface area contributed by atoms with E-state index in [0.29, 0.717) is 17.5 Å². The van der Waals surface area contributed by atoms with Crippen molar-refractivity contribution in [1.29, 1.82) is 0 Å². The molecule has 0 aliphatic rings. The first kappa shape index (κ1) is 21.1. The first-order valence-electron chi connectivity index (χ1n) is 7.13. The molecule has 28 heavy (non-hydrogen) atoms. The van der Waals surface area contributed by atoms with Crippen LogP contribution < -0.4 is 20.3 Å². The SMILES string of the molecule is COc1cc(OC)n2nc(N)nc2n1.NS(=O)(=O)c1cccnc1C(F)(F)F. The Morgan fingerprint density at radius 2 is 1.86 bits per heavy atom. The minimum Gasteiger partial charge on any atom is -0.481 e. The number of methoxy groups -OCH3 is 2. The van der Waals surface area contributed by atoms with E-state index >= 15 is 0 Å². The molecule has 15 heteroatoms. The van der Waals surface area contributed by atoms with Crippen molar-refractivity contribution >= 4 is 21.7 Å². The molecule has 0 radical (unpaired) electrons. The zero-order valence-corrected chi connectivity index (χ0v) is 15.2. The molecular formula is C13H14F3N7O4S. The Labute approximate surface area is 156 Å². The van der Waals surface area contributed by atoms with Gasteiger partial charge in [-0.2, -0.15) is 27.7 Å². The third-order valence-corrected chi connectivity index (χ3v) is 3.98. The zero-order chi connectivity index (χ0) is 21.1. The Kier molecular flexibility index (Phi) is 5.89. The van der Waals surface area contributed by atoms with E-state index < -0.39 is 26.8 Å². The number of rotatable bonds is 3. The molecule has 0 amide bonds. The highest BCUT2D eigenvalue weighted by atomic mass is 32.2. The van der Waals surface area contributed by atoms with Crippen LogP contribution in [0.3, 0.4) is 0 Å². The van der Waals surface area contributed by atoms with Gasteiger partial charge in [-0.3, -0.25) is 4.98 Å². The second-order valence-corrected chi connectivity index (χ2v) is 6.45. The van der Waals surface area contributed by atoms with Crippen molar-refractivity contribution < 1.29 is 31.1 Å². The Bertz CT molecular complexity index is 1090. The number of nitrogen functional groups attached to an aromatic ring is 1. The van der Waals surface area contributed by atoms with Crippen molar-refractivity contribution in [2.45, 2.75) is 11.1 Å². The van der Waals surface area contributed by atoms with Gasteiger partial charge in [0.2, 0.25) is 27.7 Å². The van der Waals surface area contributed by atoms with Crippen LogP contribution in [0.25, 0.3) is 5.78 Å². The van der Waals surface area contributed by atoms with Gasteiger partial charge in [-0.15, -0.1) is 5.10 Å². The Morgan fingerprint density at radius 3 is 2.36 bits per heavy atom. The number of primary sulfonamides is 1. The molecule has 0 aliphatic heterocycles. The number of halogens is 3. The molecule has 0 atom stereocenters. The van der Waals surface area contributed by atoms with Crippen LogP contribution in [0.1, 0.15) is 5.69 Å². The molecule has 11 nitrogen and oxygen atoms in total. The molecular weight excluding hydrogens is 407 g/mol. The van der Waals surface area contributed by atoms with Crippen LogP contribution in [-0.4, -0.2) is 47.2 Å². The monoisotopic (exact) mass is 421 g/mol. The number of nitrogens with two attached hydrogens (primary N) is 2. The molecule has 0 aromatic carbocycles. The van der Waals surface area contributed by atoms with Gasteiger partial charge >= 0.3 is 6.18 Å². The van der Waals surface area contributed by atoms with Crippen molar-refractivity contribution in [3.05, 3.63) is 30.1 Å². The van der Waals surface area contributed by atoms with Crippen molar-refractivity contribution in [2.75, 3.05) is 20.0 Å². The van der Waals surface area contributed by atoms with Crippen molar-refractivity contribution in [2.24, 2.45) is 5.14 Å². The third-order valence-electron chi connectivity index (χ3n) is 3.04. The van der Waals surface area contributed by atoms with Crippen LogP contribution in [0.15, 0.2) is 29.3 Å². The van der Waals surface area contributed by atoms with Crippen molar-refractivity contribution in [3.8, 4) is 11.8 Å². The number of nitrogens with zero attached hydrogens (tertiary/aromatic N) is 5. The van der Waals surface area contributed by atoms with Gasteiger partial charge in [-0.1, -0.05) is 0 Å². The highest BCUT2D eigenvalue weighted by Gasteiger charge is 2.37. The predicted octanol–water partition coefficient (Wildman–Crippen LogP) is 0.472. The van der Waals surface area contributed by atoms with E-state index in [1.165, 1.54) is 18.7 Å². The quantitative estimate of drug-likeness (QED) is 0.612. The third kappa shape index (κ3) is 4.74. The highest BCUT2D eigenvalue weighted by Crippen LogP contribution is 2.31. The standard InChI is InChI=1S/C7H9N5O2.C6H5F3N2O2S/c1-13-4-3-5(14-2)12-7(9-4)10-6(8)11-12;7-6(8,9)5-4(14(10,12)13)2-1-3-11-5/h3H,1-2H3,(H2,8,11);1-3H,(H2,10,12,13). The minimum absolute atomic E-state index is 0.143. The molecule has 3 rings (SSSR count). The van der Waals surface area contributed by atoms with Crippen molar-refractivity contribution in [3.63, 3.8) is 0 Å². The zero-order valence-electron chi connectivity index (χ0n) is 14.4. The molecule has 0 saturated carbocycles. The number of pyridine rings is 1. The van der Waals surface area contributed by atoms with Crippen LogP contribution >= 0.6 is 0 Å². The average Bonchev–Trinajstić information content (AvgIpc) is 3.00. The Hall–Kier alpha value is -3.20. The van der Waals surface area contributed by atoms with Gasteiger partial charge in [-0.05, 0) is 12.1 Å². The van der Waals surface area contributed by atoms with E-state index in [-0.39, 0.29) is 5.95 Å². The number of hydrogen-bond acceptors (Lipinski definition) is 9. The maximum Gasteiger partial charge on any atom is 0.434 e. The fourth-order valence-corrected chi connectivity index (χ4v) is 2.63. The van der Waals surface area contributed by atoms with Crippen LogP contribution in [0, 0.1) is 0 Å². The van der Waals surface area contributed by atoms with Gasteiger partial charge < -0.3 is 15.2 Å². The van der Waals surface area contributed by atoms with Gasteiger partial charge in [-0.25, -0.2) is 13.6 Å². The number of hydrogen-bond donors (Lipinski definition) is 2. The normalized spacial score (nSPS) is 11.6. The number of alkyl halides is 3. The molecule has 152 valence electrons. The maximum absolute atomic E-state index is 12.2. The maximum atomic E-state index is 12.2. The topological polar surface area (TPSA) is 161 Å². The molecule has 0 aliphatic carbocycles. The van der Waals surface area contributed by atoms with Gasteiger partial charge in [0.1, 0.15) is 4.90 Å². The average molecular weight is 421 g/mol. The summed E-state index contributed by atoms with van der Waals surface area (Å²) in [6, 6.07) is 3.42. The Morgan fingerprint density at radius 1 is 1.18 bits per heavy atom. The summed E-state index contributed by atoms with van der Waals surface area (Å²) in [5.41, 5.74) is 3.93. The summed E-state index contributed by atoms with van der Waals surface area (Å²) in [7, 11) is -1.37. The van der Waals surface area contributed by atoms with E-state index in [2.05, 4.69) is 25.2 Å². The van der Waals surface area contributed by atoms with E-state index in [4.69, 9.17) is 15.2 Å². The second-order valence-electron chi connectivity index (χ2n) is 4.92. The van der Waals surface area contributed by atoms with Crippen LogP contribution in [0.5, 0.6) is 11.8 Å².